The minimum atomic E-state index is -0.128. The van der Waals surface area contributed by atoms with Gasteiger partial charge in [0, 0.05) is 5.92 Å². The zero-order valence-corrected chi connectivity index (χ0v) is 13.5. The van der Waals surface area contributed by atoms with Crippen LogP contribution in [0.25, 0.3) is 11.1 Å². The fourth-order valence-corrected chi connectivity index (χ4v) is 3.10. The second kappa shape index (κ2) is 5.76. The molecule has 0 amide bonds. The summed E-state index contributed by atoms with van der Waals surface area (Å²) in [7, 11) is 0. The molecule has 4 heteroatoms. The number of aromatic amines is 1. The van der Waals surface area contributed by atoms with Crippen molar-refractivity contribution in [2.24, 2.45) is 0 Å². The van der Waals surface area contributed by atoms with Crippen molar-refractivity contribution in [3.8, 4) is 11.1 Å². The highest BCUT2D eigenvalue weighted by atomic mass is 16.5. The molecular weight excluding hydrogens is 276 g/mol. The van der Waals surface area contributed by atoms with Crippen molar-refractivity contribution in [3.05, 3.63) is 45.9 Å². The van der Waals surface area contributed by atoms with E-state index in [0.29, 0.717) is 11.5 Å². The Hall–Kier alpha value is -1.81. The molecule has 4 nitrogen and oxygen atoms in total. The number of H-pyrrole nitrogens is 1. The second-order valence-corrected chi connectivity index (χ2v) is 7.12. The molecule has 0 saturated carbocycles. The highest BCUT2D eigenvalue weighted by Gasteiger charge is 2.25. The average Bonchev–Trinajstić information content (AvgIpc) is 2.89. The molecule has 22 heavy (non-hydrogen) atoms. The number of benzene rings is 1. The molecule has 3 rings (SSSR count). The van der Waals surface area contributed by atoms with Crippen LogP contribution in [0, 0.1) is 0 Å². The van der Waals surface area contributed by atoms with E-state index < -0.39 is 0 Å². The topological polar surface area (TPSA) is 58.0 Å². The minimum absolute atomic E-state index is 0.110. The van der Waals surface area contributed by atoms with Crippen LogP contribution in [0.2, 0.25) is 0 Å². The van der Waals surface area contributed by atoms with Crippen LogP contribution >= 0.6 is 0 Å². The molecule has 0 bridgehead atoms. The lowest BCUT2D eigenvalue weighted by molar-refractivity contribution is 0.326. The van der Waals surface area contributed by atoms with Gasteiger partial charge in [0.1, 0.15) is 5.76 Å². The molecule has 2 aromatic rings. The standard InChI is InChI=1S/C18H24N2O2/c1-18(2,3)14-6-4-12(5-7-14)15-16(22-20-17(15)21)13-8-10-19-11-9-13/h4-7,13,19H,8-11H2,1-3H3,(H,20,21). The normalized spacial score (nSPS) is 16.9. The summed E-state index contributed by atoms with van der Waals surface area (Å²) in [4.78, 5) is 12.2. The first-order chi connectivity index (χ1) is 10.5. The van der Waals surface area contributed by atoms with Crippen molar-refractivity contribution in [2.45, 2.75) is 44.9 Å². The third-order valence-electron chi connectivity index (χ3n) is 4.48. The van der Waals surface area contributed by atoms with Gasteiger partial charge in [-0.05, 0) is 42.5 Å². The first-order valence-corrected chi connectivity index (χ1v) is 8.00. The van der Waals surface area contributed by atoms with E-state index in [1.807, 2.05) is 12.1 Å². The Morgan fingerprint density at radius 3 is 2.32 bits per heavy atom. The second-order valence-electron chi connectivity index (χ2n) is 7.12. The summed E-state index contributed by atoms with van der Waals surface area (Å²) in [5.74, 6) is 1.13. The van der Waals surface area contributed by atoms with Gasteiger partial charge in [-0.3, -0.25) is 4.79 Å². The highest BCUT2D eigenvalue weighted by Crippen LogP contribution is 2.33. The fourth-order valence-electron chi connectivity index (χ4n) is 3.10. The first-order valence-electron chi connectivity index (χ1n) is 8.00. The van der Waals surface area contributed by atoms with Crippen LogP contribution in [0.1, 0.15) is 50.9 Å². The predicted molar refractivity (Wildman–Crippen MR) is 88.3 cm³/mol. The number of piperidine rings is 1. The molecule has 0 aliphatic carbocycles. The maximum Gasteiger partial charge on any atom is 0.288 e. The van der Waals surface area contributed by atoms with E-state index in [0.717, 1.165) is 37.3 Å². The van der Waals surface area contributed by atoms with Crippen molar-refractivity contribution < 1.29 is 4.52 Å². The molecule has 118 valence electrons. The van der Waals surface area contributed by atoms with Gasteiger partial charge in [-0.15, -0.1) is 0 Å². The third kappa shape index (κ3) is 2.88. The summed E-state index contributed by atoms with van der Waals surface area (Å²) in [6.45, 7) is 8.51. The van der Waals surface area contributed by atoms with E-state index >= 15 is 0 Å². The number of hydrogen-bond acceptors (Lipinski definition) is 3. The van der Waals surface area contributed by atoms with E-state index in [4.69, 9.17) is 4.52 Å². The molecule has 1 aliphatic rings. The lowest BCUT2D eigenvalue weighted by Crippen LogP contribution is -2.26. The monoisotopic (exact) mass is 300 g/mol. The summed E-state index contributed by atoms with van der Waals surface area (Å²) in [5, 5.41) is 5.87. The summed E-state index contributed by atoms with van der Waals surface area (Å²) < 4.78 is 5.52. The van der Waals surface area contributed by atoms with Crippen LogP contribution in [0.15, 0.2) is 33.6 Å². The van der Waals surface area contributed by atoms with Gasteiger partial charge in [0.05, 0.1) is 5.56 Å². The Morgan fingerprint density at radius 1 is 1.09 bits per heavy atom. The zero-order valence-electron chi connectivity index (χ0n) is 13.5. The summed E-state index contributed by atoms with van der Waals surface area (Å²) in [6, 6.07) is 8.28. The molecule has 0 radical (unpaired) electrons. The maximum absolute atomic E-state index is 12.2. The molecule has 0 unspecified atom stereocenters. The molecule has 0 spiro atoms. The van der Waals surface area contributed by atoms with E-state index in [9.17, 15) is 4.79 Å². The van der Waals surface area contributed by atoms with Crippen molar-refractivity contribution >= 4 is 0 Å². The van der Waals surface area contributed by atoms with E-state index in [1.165, 1.54) is 5.56 Å². The Kier molecular flexibility index (Phi) is 3.96. The minimum Gasteiger partial charge on any atom is -0.383 e. The number of rotatable bonds is 2. The Labute approximate surface area is 130 Å². The van der Waals surface area contributed by atoms with Crippen LogP contribution in [0.4, 0.5) is 0 Å². The quantitative estimate of drug-likeness (QED) is 0.893. The van der Waals surface area contributed by atoms with Crippen LogP contribution in [-0.2, 0) is 5.41 Å². The fraction of sp³-hybridized carbons (Fsp3) is 0.500. The number of aromatic nitrogens is 1. The zero-order chi connectivity index (χ0) is 15.7. The van der Waals surface area contributed by atoms with Gasteiger partial charge in [-0.25, -0.2) is 0 Å². The summed E-state index contributed by atoms with van der Waals surface area (Å²) in [6.07, 6.45) is 2.02. The summed E-state index contributed by atoms with van der Waals surface area (Å²) >= 11 is 0. The summed E-state index contributed by atoms with van der Waals surface area (Å²) in [5.41, 5.74) is 2.89. The van der Waals surface area contributed by atoms with Gasteiger partial charge in [0.15, 0.2) is 0 Å². The van der Waals surface area contributed by atoms with E-state index in [1.54, 1.807) is 0 Å². The lowest BCUT2D eigenvalue weighted by Gasteiger charge is -2.21. The van der Waals surface area contributed by atoms with Crippen LogP contribution in [0.3, 0.4) is 0 Å². The van der Waals surface area contributed by atoms with Crippen LogP contribution < -0.4 is 10.9 Å². The largest absolute Gasteiger partial charge is 0.383 e. The number of hydrogen-bond donors (Lipinski definition) is 2. The van der Waals surface area contributed by atoms with Gasteiger partial charge in [0.25, 0.3) is 5.56 Å². The molecule has 1 aliphatic heterocycles. The Bertz CT molecular complexity index is 683. The average molecular weight is 300 g/mol. The molecule has 0 atom stereocenters. The van der Waals surface area contributed by atoms with Gasteiger partial charge < -0.3 is 9.84 Å². The molecule has 1 saturated heterocycles. The van der Waals surface area contributed by atoms with Gasteiger partial charge in [0.2, 0.25) is 0 Å². The molecule has 1 aromatic carbocycles. The van der Waals surface area contributed by atoms with Gasteiger partial charge in [-0.2, -0.15) is 5.16 Å². The van der Waals surface area contributed by atoms with Crippen molar-refractivity contribution in [3.63, 3.8) is 0 Å². The van der Waals surface area contributed by atoms with E-state index in [2.05, 4.69) is 43.4 Å². The first kappa shape index (κ1) is 15.1. The Balaban J connectivity index is 1.97. The molecule has 1 aromatic heterocycles. The molecular formula is C18H24N2O2. The van der Waals surface area contributed by atoms with Crippen molar-refractivity contribution in [2.75, 3.05) is 13.1 Å². The van der Waals surface area contributed by atoms with E-state index in [-0.39, 0.29) is 11.0 Å². The van der Waals surface area contributed by atoms with Crippen LogP contribution in [0.5, 0.6) is 0 Å². The van der Waals surface area contributed by atoms with Crippen molar-refractivity contribution in [1.82, 2.24) is 10.5 Å². The van der Waals surface area contributed by atoms with Gasteiger partial charge >= 0.3 is 0 Å². The SMILES string of the molecule is CC(C)(C)c1ccc(-c2c(C3CCNCC3)o[nH]c2=O)cc1. The molecule has 2 heterocycles. The molecule has 1 fully saturated rings. The van der Waals surface area contributed by atoms with Crippen LogP contribution in [-0.4, -0.2) is 18.2 Å². The predicted octanol–water partition coefficient (Wildman–Crippen LogP) is 3.40. The highest BCUT2D eigenvalue weighted by molar-refractivity contribution is 5.65. The lowest BCUT2D eigenvalue weighted by atomic mass is 9.85. The Morgan fingerprint density at radius 2 is 1.73 bits per heavy atom. The van der Waals surface area contributed by atoms with Gasteiger partial charge in [-0.1, -0.05) is 45.0 Å². The maximum atomic E-state index is 12.2. The molecule has 2 N–H and O–H groups in total. The number of nitrogens with one attached hydrogen (secondary N) is 2. The van der Waals surface area contributed by atoms with Crippen molar-refractivity contribution in [1.29, 1.82) is 0 Å². The smallest absolute Gasteiger partial charge is 0.288 e. The third-order valence-corrected chi connectivity index (χ3v) is 4.48.